The maximum absolute atomic E-state index is 12.4. The standard InChI is InChI=1S/C21H21ClN4O2S2/c1-28-20(27)18-16-4-2-3-5-17(16)30-19(18)25-21(29)24-15-10-23-26(12-15)11-13-6-8-14(22)9-7-13/h6-10,12H,2-5,11H2,1H3,(H2,24,25,29). The first-order chi connectivity index (χ1) is 14.5. The third-order valence-electron chi connectivity index (χ3n) is 4.94. The van der Waals surface area contributed by atoms with Gasteiger partial charge in [-0.2, -0.15) is 5.10 Å². The van der Waals surface area contributed by atoms with Crippen molar-refractivity contribution in [2.45, 2.75) is 32.2 Å². The molecule has 1 aromatic carbocycles. The highest BCUT2D eigenvalue weighted by molar-refractivity contribution is 7.80. The average molecular weight is 461 g/mol. The van der Waals surface area contributed by atoms with Gasteiger partial charge < -0.3 is 15.4 Å². The Morgan fingerprint density at radius 3 is 2.80 bits per heavy atom. The number of hydrogen-bond donors (Lipinski definition) is 2. The number of rotatable bonds is 5. The van der Waals surface area contributed by atoms with Crippen LogP contribution in [0.25, 0.3) is 0 Å². The van der Waals surface area contributed by atoms with Crippen LogP contribution in [0, 0.1) is 0 Å². The number of ether oxygens (including phenoxy) is 1. The number of halogens is 1. The monoisotopic (exact) mass is 460 g/mol. The quantitative estimate of drug-likeness (QED) is 0.407. The Morgan fingerprint density at radius 2 is 2.03 bits per heavy atom. The predicted molar refractivity (Wildman–Crippen MR) is 125 cm³/mol. The van der Waals surface area contributed by atoms with E-state index in [9.17, 15) is 4.79 Å². The number of esters is 1. The Kier molecular flexibility index (Phi) is 6.36. The number of thiophene rings is 1. The molecule has 0 spiro atoms. The zero-order chi connectivity index (χ0) is 21.1. The Labute approximate surface area is 189 Å². The Balaban J connectivity index is 1.44. The molecule has 1 aliphatic carbocycles. The molecule has 9 heteroatoms. The van der Waals surface area contributed by atoms with Crippen LogP contribution in [-0.2, 0) is 24.1 Å². The number of methoxy groups -OCH3 is 1. The van der Waals surface area contributed by atoms with Crippen molar-refractivity contribution < 1.29 is 9.53 Å². The van der Waals surface area contributed by atoms with Gasteiger partial charge in [-0.05, 0) is 61.2 Å². The number of nitrogens with zero attached hydrogens (tertiary/aromatic N) is 2. The van der Waals surface area contributed by atoms with Crippen LogP contribution in [-0.4, -0.2) is 28.0 Å². The number of fused-ring (bicyclic) bond motifs is 1. The molecule has 0 saturated heterocycles. The molecule has 0 radical (unpaired) electrons. The summed E-state index contributed by atoms with van der Waals surface area (Å²) >= 11 is 13.0. The zero-order valence-corrected chi connectivity index (χ0v) is 18.8. The van der Waals surface area contributed by atoms with Gasteiger partial charge in [0.25, 0.3) is 0 Å². The summed E-state index contributed by atoms with van der Waals surface area (Å²) in [6.45, 7) is 0.628. The fourth-order valence-corrected chi connectivity index (χ4v) is 5.22. The number of thiocarbonyl (C=S) groups is 1. The van der Waals surface area contributed by atoms with Gasteiger partial charge in [0.1, 0.15) is 5.00 Å². The molecule has 0 saturated carbocycles. The molecule has 2 heterocycles. The summed E-state index contributed by atoms with van der Waals surface area (Å²) in [6, 6.07) is 7.66. The second-order valence-corrected chi connectivity index (χ2v) is 8.99. The van der Waals surface area contributed by atoms with Crippen LogP contribution < -0.4 is 10.6 Å². The van der Waals surface area contributed by atoms with Gasteiger partial charge in [-0.25, -0.2) is 4.79 Å². The topological polar surface area (TPSA) is 68.2 Å². The average Bonchev–Trinajstić information content (AvgIpc) is 3.32. The Morgan fingerprint density at radius 1 is 1.27 bits per heavy atom. The lowest BCUT2D eigenvalue weighted by molar-refractivity contribution is 0.0601. The van der Waals surface area contributed by atoms with Crippen LogP contribution >= 0.6 is 35.2 Å². The maximum atomic E-state index is 12.4. The minimum absolute atomic E-state index is 0.324. The largest absolute Gasteiger partial charge is 0.465 e. The van der Waals surface area contributed by atoms with E-state index in [4.69, 9.17) is 28.6 Å². The number of aryl methyl sites for hydroxylation is 1. The molecular weight excluding hydrogens is 440 g/mol. The lowest BCUT2D eigenvalue weighted by Crippen LogP contribution is -2.20. The van der Waals surface area contributed by atoms with Gasteiger partial charge in [0.2, 0.25) is 0 Å². The van der Waals surface area contributed by atoms with Crippen LogP contribution in [0.5, 0.6) is 0 Å². The van der Waals surface area contributed by atoms with Gasteiger partial charge in [-0.3, -0.25) is 4.68 Å². The van der Waals surface area contributed by atoms with Crippen molar-refractivity contribution in [3.63, 3.8) is 0 Å². The van der Waals surface area contributed by atoms with E-state index in [1.807, 2.05) is 35.1 Å². The number of nitrogens with one attached hydrogen (secondary N) is 2. The van der Waals surface area contributed by atoms with E-state index in [0.29, 0.717) is 22.2 Å². The number of anilines is 2. The molecule has 0 fully saturated rings. The van der Waals surface area contributed by atoms with Crippen molar-refractivity contribution in [3.05, 3.63) is 63.2 Å². The van der Waals surface area contributed by atoms with E-state index in [-0.39, 0.29) is 5.97 Å². The number of carbonyl (C=O) groups excluding carboxylic acids is 1. The number of benzene rings is 1. The van der Waals surface area contributed by atoms with Crippen molar-refractivity contribution in [3.8, 4) is 0 Å². The van der Waals surface area contributed by atoms with Crippen molar-refractivity contribution in [2.24, 2.45) is 0 Å². The Bertz CT molecular complexity index is 1080. The Hall–Kier alpha value is -2.42. The first-order valence-corrected chi connectivity index (χ1v) is 11.2. The molecule has 0 atom stereocenters. The summed E-state index contributed by atoms with van der Waals surface area (Å²) in [5.41, 5.74) is 3.57. The van der Waals surface area contributed by atoms with Crippen LogP contribution in [0.3, 0.4) is 0 Å². The fraction of sp³-hybridized carbons (Fsp3) is 0.286. The first-order valence-electron chi connectivity index (χ1n) is 9.61. The second kappa shape index (κ2) is 9.16. The molecule has 0 unspecified atom stereocenters. The molecule has 156 valence electrons. The van der Waals surface area contributed by atoms with Crippen molar-refractivity contribution >= 4 is 56.9 Å². The summed E-state index contributed by atoms with van der Waals surface area (Å²) in [5.74, 6) is -0.324. The highest BCUT2D eigenvalue weighted by atomic mass is 35.5. The van der Waals surface area contributed by atoms with Gasteiger partial charge in [0.15, 0.2) is 5.11 Å². The van der Waals surface area contributed by atoms with Crippen LogP contribution in [0.15, 0.2) is 36.7 Å². The maximum Gasteiger partial charge on any atom is 0.341 e. The van der Waals surface area contributed by atoms with Crippen LogP contribution in [0.2, 0.25) is 5.02 Å². The summed E-state index contributed by atoms with van der Waals surface area (Å²) < 4.78 is 6.83. The molecule has 0 amide bonds. The molecule has 4 rings (SSSR count). The van der Waals surface area contributed by atoms with E-state index < -0.39 is 0 Å². The lowest BCUT2D eigenvalue weighted by atomic mass is 9.95. The molecule has 6 nitrogen and oxygen atoms in total. The smallest absolute Gasteiger partial charge is 0.341 e. The zero-order valence-electron chi connectivity index (χ0n) is 16.4. The number of aromatic nitrogens is 2. The molecule has 2 aromatic heterocycles. The number of hydrogen-bond acceptors (Lipinski definition) is 5. The summed E-state index contributed by atoms with van der Waals surface area (Å²) in [4.78, 5) is 13.6. The van der Waals surface area contributed by atoms with Gasteiger partial charge in [0.05, 0.1) is 31.1 Å². The minimum atomic E-state index is -0.324. The second-order valence-electron chi connectivity index (χ2n) is 7.04. The van der Waals surface area contributed by atoms with Crippen LogP contribution in [0.1, 0.15) is 39.2 Å². The third-order valence-corrected chi connectivity index (χ3v) is 6.60. The van der Waals surface area contributed by atoms with E-state index in [1.165, 1.54) is 12.0 Å². The SMILES string of the molecule is COC(=O)c1c(NC(=S)Nc2cnn(Cc3ccc(Cl)cc3)c2)sc2c1CCCC2. The predicted octanol–water partition coefficient (Wildman–Crippen LogP) is 5.12. The summed E-state index contributed by atoms with van der Waals surface area (Å²) in [6.07, 6.45) is 7.71. The van der Waals surface area contributed by atoms with Crippen molar-refractivity contribution in [1.82, 2.24) is 9.78 Å². The third kappa shape index (κ3) is 4.66. The van der Waals surface area contributed by atoms with E-state index in [0.717, 1.165) is 47.5 Å². The summed E-state index contributed by atoms with van der Waals surface area (Å²) in [5, 5.41) is 12.5. The normalized spacial score (nSPS) is 12.9. The highest BCUT2D eigenvalue weighted by Gasteiger charge is 2.26. The van der Waals surface area contributed by atoms with Crippen molar-refractivity contribution in [1.29, 1.82) is 0 Å². The number of carbonyl (C=O) groups is 1. The van der Waals surface area contributed by atoms with Gasteiger partial charge in [-0.15, -0.1) is 11.3 Å². The molecular formula is C21H21ClN4O2S2. The van der Waals surface area contributed by atoms with Gasteiger partial charge in [-0.1, -0.05) is 23.7 Å². The van der Waals surface area contributed by atoms with Crippen molar-refractivity contribution in [2.75, 3.05) is 17.7 Å². The van der Waals surface area contributed by atoms with Gasteiger partial charge in [0, 0.05) is 16.1 Å². The van der Waals surface area contributed by atoms with E-state index >= 15 is 0 Å². The molecule has 3 aromatic rings. The molecule has 0 bridgehead atoms. The molecule has 2 N–H and O–H groups in total. The molecule has 30 heavy (non-hydrogen) atoms. The first kappa shape index (κ1) is 20.8. The molecule has 1 aliphatic rings. The van der Waals surface area contributed by atoms with Crippen LogP contribution in [0.4, 0.5) is 10.7 Å². The van der Waals surface area contributed by atoms with E-state index in [2.05, 4.69) is 15.7 Å². The molecule has 0 aliphatic heterocycles. The fourth-order valence-electron chi connectivity index (χ4n) is 3.53. The summed E-state index contributed by atoms with van der Waals surface area (Å²) in [7, 11) is 1.41. The highest BCUT2D eigenvalue weighted by Crippen LogP contribution is 2.38. The van der Waals surface area contributed by atoms with E-state index in [1.54, 1.807) is 17.5 Å². The lowest BCUT2D eigenvalue weighted by Gasteiger charge is -2.12. The minimum Gasteiger partial charge on any atom is -0.465 e. The van der Waals surface area contributed by atoms with Gasteiger partial charge >= 0.3 is 5.97 Å².